The number of hydrogen-bond donors (Lipinski definition) is 0. The van der Waals surface area contributed by atoms with E-state index in [0.717, 1.165) is 13.0 Å². The van der Waals surface area contributed by atoms with Crippen LogP contribution in [0.25, 0.3) is 16.7 Å². The number of halogens is 2. The van der Waals surface area contributed by atoms with E-state index in [2.05, 4.69) is 109 Å². The molecule has 3 aromatic rings. The van der Waals surface area contributed by atoms with E-state index in [4.69, 9.17) is 4.43 Å². The van der Waals surface area contributed by atoms with Gasteiger partial charge in [-0.25, -0.2) is 0 Å². The van der Waals surface area contributed by atoms with Crippen molar-refractivity contribution in [1.82, 2.24) is 0 Å². The summed E-state index contributed by atoms with van der Waals surface area (Å²) in [5, 5.41) is 0. The summed E-state index contributed by atoms with van der Waals surface area (Å²) in [6.45, 7) is 10.00. The molecule has 1 nitrogen and oxygen atoms in total. The van der Waals surface area contributed by atoms with E-state index in [0.29, 0.717) is 9.54 Å². The SMILES string of the molecule is C[Si](C)(C)OCCC1=CC(c2cccc3c2[CH]([Zr]([CH3])([CH3])=[SiH2])c2ccccc2-3)c2ccccc21.Cl.Cl. The fourth-order valence-electron chi connectivity index (χ4n) is 5.76. The number of benzene rings is 3. The molecule has 6 heteroatoms. The zero-order chi connectivity index (χ0) is 23.4. The minimum Gasteiger partial charge on any atom is -0.147 e. The van der Waals surface area contributed by atoms with Gasteiger partial charge >= 0.3 is 207 Å². The maximum absolute atomic E-state index is 6.23. The summed E-state index contributed by atoms with van der Waals surface area (Å²) in [4.78, 5) is 0. The summed E-state index contributed by atoms with van der Waals surface area (Å²) in [5.74, 6) is 0.340. The Balaban J connectivity index is 0.00000171. The first-order valence-electron chi connectivity index (χ1n) is 12.2. The zero-order valence-corrected chi connectivity index (χ0v) is 27.9. The van der Waals surface area contributed by atoms with E-state index in [1.807, 2.05) is 0 Å². The number of rotatable bonds is 6. The Labute approximate surface area is 230 Å². The van der Waals surface area contributed by atoms with Crippen LogP contribution in [0.15, 0.2) is 72.8 Å². The molecule has 2 aliphatic rings. The van der Waals surface area contributed by atoms with Crippen LogP contribution in [0.1, 0.15) is 43.8 Å². The molecule has 2 atom stereocenters. The van der Waals surface area contributed by atoms with Crippen LogP contribution < -0.4 is 0 Å². The Morgan fingerprint density at radius 2 is 1.34 bits per heavy atom. The summed E-state index contributed by atoms with van der Waals surface area (Å²) < 4.78 is 12.1. The topological polar surface area (TPSA) is 9.23 Å². The number of hydrogen-bond acceptors (Lipinski definition) is 1. The van der Waals surface area contributed by atoms with Gasteiger partial charge in [-0.05, 0) is 0 Å². The van der Waals surface area contributed by atoms with Crippen molar-refractivity contribution in [2.75, 3.05) is 6.61 Å². The average Bonchev–Trinajstić information content (AvgIpc) is 3.29. The van der Waals surface area contributed by atoms with Crippen LogP contribution in [-0.4, -0.2) is 21.8 Å². The van der Waals surface area contributed by atoms with Crippen molar-refractivity contribution in [3.8, 4) is 11.1 Å². The Morgan fingerprint density at radius 1 is 0.771 bits per heavy atom. The van der Waals surface area contributed by atoms with Gasteiger partial charge < -0.3 is 0 Å². The van der Waals surface area contributed by atoms with E-state index in [1.165, 1.54) is 33.4 Å². The number of fused-ring (bicyclic) bond motifs is 4. The molecule has 0 amide bonds. The van der Waals surface area contributed by atoms with Crippen molar-refractivity contribution in [3.05, 3.63) is 101 Å². The zero-order valence-electron chi connectivity index (χ0n) is 21.4. The van der Waals surface area contributed by atoms with Crippen molar-refractivity contribution in [2.45, 2.75) is 44.9 Å². The van der Waals surface area contributed by atoms with Crippen molar-refractivity contribution in [3.63, 3.8) is 0 Å². The van der Waals surface area contributed by atoms with Crippen molar-refractivity contribution in [1.29, 1.82) is 0 Å². The monoisotopic (exact) mass is 617 g/mol. The minimum absolute atomic E-state index is 0. The first-order valence-corrected chi connectivity index (χ1v) is 27.8. The molecule has 0 spiro atoms. The van der Waals surface area contributed by atoms with Crippen LogP contribution in [0.4, 0.5) is 0 Å². The molecule has 0 aromatic heterocycles. The quantitative estimate of drug-likeness (QED) is 0.253. The Hall–Kier alpha value is -0.743. The van der Waals surface area contributed by atoms with Crippen LogP contribution in [0.2, 0.25) is 28.9 Å². The van der Waals surface area contributed by atoms with Crippen molar-refractivity contribution < 1.29 is 23.3 Å². The molecular formula is C29H37Cl2OSi2Zr. The fraction of sp³-hybridized carbons (Fsp3) is 0.310. The molecule has 0 saturated carbocycles. The summed E-state index contributed by atoms with van der Waals surface area (Å²) in [6.07, 6.45) is 3.55. The maximum Gasteiger partial charge on any atom is -0.147 e. The first kappa shape index (κ1) is 28.8. The Kier molecular flexibility index (Phi) is 9.00. The third kappa shape index (κ3) is 5.59. The van der Waals surface area contributed by atoms with Crippen molar-refractivity contribution >= 4 is 45.6 Å². The maximum atomic E-state index is 6.23. The molecule has 0 heterocycles. The molecule has 0 aliphatic heterocycles. The Morgan fingerprint density at radius 3 is 2.00 bits per heavy atom. The van der Waals surface area contributed by atoms with E-state index in [9.17, 15) is 0 Å². The molecule has 35 heavy (non-hydrogen) atoms. The van der Waals surface area contributed by atoms with Gasteiger partial charge in [0.1, 0.15) is 0 Å². The van der Waals surface area contributed by atoms with E-state index >= 15 is 0 Å². The van der Waals surface area contributed by atoms with Crippen LogP contribution in [0, 0.1) is 0 Å². The van der Waals surface area contributed by atoms with Gasteiger partial charge in [0.2, 0.25) is 0 Å². The van der Waals surface area contributed by atoms with Gasteiger partial charge in [0, 0.05) is 0 Å². The minimum atomic E-state index is -2.31. The molecule has 185 valence electrons. The van der Waals surface area contributed by atoms with Gasteiger partial charge in [0.15, 0.2) is 0 Å². The Bertz CT molecular complexity index is 1310. The normalized spacial score (nSPS) is 18.0. The predicted octanol–water partition coefficient (Wildman–Crippen LogP) is 8.17. The summed E-state index contributed by atoms with van der Waals surface area (Å²) >= 11 is -2.31. The molecule has 0 fully saturated rings. The second-order valence-electron chi connectivity index (χ2n) is 11.3. The predicted molar refractivity (Wildman–Crippen MR) is 159 cm³/mol. The third-order valence-electron chi connectivity index (χ3n) is 7.02. The smallest absolute Gasteiger partial charge is 0.147 e. The largest absolute Gasteiger partial charge is 0.147 e. The number of allylic oxidation sites excluding steroid dienone is 1. The average molecular weight is 620 g/mol. The van der Waals surface area contributed by atoms with Gasteiger partial charge in [0.05, 0.1) is 0 Å². The molecule has 0 N–H and O–H groups in total. The van der Waals surface area contributed by atoms with Gasteiger partial charge in [-0.1, -0.05) is 0 Å². The van der Waals surface area contributed by atoms with Crippen molar-refractivity contribution in [2.24, 2.45) is 0 Å². The van der Waals surface area contributed by atoms with E-state index in [-0.39, 0.29) is 24.8 Å². The van der Waals surface area contributed by atoms with Crippen LogP contribution in [0.3, 0.4) is 0 Å². The summed E-state index contributed by atoms with van der Waals surface area (Å²) in [5.41, 5.74) is 12.0. The third-order valence-corrected chi connectivity index (χ3v) is 15.8. The second-order valence-corrected chi connectivity index (χ2v) is 37.8. The molecule has 2 aliphatic carbocycles. The van der Waals surface area contributed by atoms with Crippen LogP contribution in [-0.2, 0) is 23.3 Å². The molecule has 3 aromatic carbocycles. The van der Waals surface area contributed by atoms with Crippen LogP contribution in [0.5, 0.6) is 0 Å². The first-order chi connectivity index (χ1) is 15.6. The van der Waals surface area contributed by atoms with E-state index < -0.39 is 27.2 Å². The second kappa shape index (κ2) is 10.9. The van der Waals surface area contributed by atoms with Gasteiger partial charge in [-0.2, -0.15) is 0 Å². The molecule has 0 bridgehead atoms. The molecule has 2 unspecified atom stereocenters. The van der Waals surface area contributed by atoms with Gasteiger partial charge in [0.25, 0.3) is 0 Å². The summed E-state index contributed by atoms with van der Waals surface area (Å²) in [7, 11) is -1.50. The van der Waals surface area contributed by atoms with Gasteiger partial charge in [-0.15, -0.1) is 24.8 Å². The molecule has 5 rings (SSSR count). The van der Waals surface area contributed by atoms with Gasteiger partial charge in [-0.3, -0.25) is 0 Å². The fourth-order valence-corrected chi connectivity index (χ4v) is 14.4. The van der Waals surface area contributed by atoms with Crippen LogP contribution >= 0.6 is 24.8 Å². The summed E-state index contributed by atoms with van der Waals surface area (Å²) in [6, 6.07) is 25.3. The molecule has 0 radical (unpaired) electrons. The molecular weight excluding hydrogens is 583 g/mol. The molecule has 0 saturated heterocycles. The standard InChI is InChI=1S/C27H27OSi.2CH3.2ClH.H2Si.Zr/c1-29(2,3)28-16-15-20-18-27(23-12-7-6-11-22(20)23)25-14-8-13-24-21-10-5-4-9-19(21)17-26(24)25;;;;;;/h4-14,17-18,27H,15-16H2,1-3H3;2*1H3;2*1H;1H2;. The van der Waals surface area contributed by atoms with E-state index in [1.54, 1.807) is 11.1 Å².